The highest BCUT2D eigenvalue weighted by Crippen LogP contribution is 2.28. The van der Waals surface area contributed by atoms with Crippen molar-refractivity contribution >= 4 is 5.82 Å². The Balaban J connectivity index is 2.71. The van der Waals surface area contributed by atoms with Crippen LogP contribution in [0, 0.1) is 0 Å². The second kappa shape index (κ2) is 5.67. The van der Waals surface area contributed by atoms with E-state index in [0.717, 1.165) is 12.3 Å². The lowest BCUT2D eigenvalue weighted by atomic mass is 10.2. The molecule has 94 valence electrons. The number of halogens is 3. The number of hydrogen-bond acceptors (Lipinski definition) is 3. The number of rotatable bonds is 5. The lowest BCUT2D eigenvalue weighted by Gasteiger charge is -2.15. The van der Waals surface area contributed by atoms with E-state index in [2.05, 4.69) is 16.9 Å². The van der Waals surface area contributed by atoms with Gasteiger partial charge in [0, 0.05) is 6.20 Å². The van der Waals surface area contributed by atoms with E-state index in [1.165, 1.54) is 6.07 Å². The van der Waals surface area contributed by atoms with Gasteiger partial charge in [-0.3, -0.25) is 0 Å². The Morgan fingerprint density at radius 2 is 2.18 bits per heavy atom. The molecule has 6 heteroatoms. The molecule has 0 spiro atoms. The number of nitrogens with one attached hydrogen (secondary N) is 1. The maximum atomic E-state index is 12.3. The summed E-state index contributed by atoms with van der Waals surface area (Å²) in [6.45, 7) is 3.37. The van der Waals surface area contributed by atoms with Crippen LogP contribution in [0.15, 0.2) is 31.0 Å². The molecule has 0 aliphatic rings. The maximum Gasteiger partial charge on any atom is 0.417 e. The third-order valence-electron chi connectivity index (χ3n) is 2.11. The molecule has 0 fully saturated rings. The van der Waals surface area contributed by atoms with Gasteiger partial charge in [-0.05, 0) is 18.6 Å². The highest BCUT2D eigenvalue weighted by Gasteiger charge is 2.30. The zero-order valence-electron chi connectivity index (χ0n) is 9.04. The van der Waals surface area contributed by atoms with E-state index in [0.29, 0.717) is 12.2 Å². The predicted molar refractivity (Wildman–Crippen MR) is 58.5 cm³/mol. The summed E-state index contributed by atoms with van der Waals surface area (Å²) < 4.78 is 36.8. The smallest absolute Gasteiger partial charge is 0.394 e. The molecule has 0 aliphatic carbocycles. The molecule has 0 radical (unpaired) electrons. The summed E-state index contributed by atoms with van der Waals surface area (Å²) >= 11 is 0. The van der Waals surface area contributed by atoms with Crippen LogP contribution in [0.1, 0.15) is 12.0 Å². The molecule has 1 unspecified atom stereocenters. The molecule has 1 atom stereocenters. The van der Waals surface area contributed by atoms with Crippen molar-refractivity contribution in [2.24, 2.45) is 0 Å². The van der Waals surface area contributed by atoms with Crippen molar-refractivity contribution in [3.05, 3.63) is 36.5 Å². The normalized spacial score (nSPS) is 13.2. The van der Waals surface area contributed by atoms with Gasteiger partial charge in [-0.1, -0.05) is 6.08 Å². The first-order valence-corrected chi connectivity index (χ1v) is 4.99. The fourth-order valence-electron chi connectivity index (χ4n) is 1.24. The second-order valence-electron chi connectivity index (χ2n) is 3.48. The summed E-state index contributed by atoms with van der Waals surface area (Å²) in [5.41, 5.74) is -0.799. The van der Waals surface area contributed by atoms with Crippen LogP contribution in [-0.2, 0) is 6.18 Å². The van der Waals surface area contributed by atoms with Gasteiger partial charge < -0.3 is 10.4 Å². The quantitative estimate of drug-likeness (QED) is 0.784. The van der Waals surface area contributed by atoms with E-state index in [1.54, 1.807) is 6.08 Å². The Hall–Kier alpha value is -1.56. The number of anilines is 1. The molecule has 2 N–H and O–H groups in total. The summed E-state index contributed by atoms with van der Waals surface area (Å²) in [4.78, 5) is 3.64. The van der Waals surface area contributed by atoms with Crippen molar-refractivity contribution in [2.45, 2.75) is 18.6 Å². The van der Waals surface area contributed by atoms with Gasteiger partial charge in [0.2, 0.25) is 0 Å². The van der Waals surface area contributed by atoms with Crippen LogP contribution in [0.2, 0.25) is 0 Å². The van der Waals surface area contributed by atoms with Crippen molar-refractivity contribution in [3.63, 3.8) is 0 Å². The van der Waals surface area contributed by atoms with Gasteiger partial charge in [-0.15, -0.1) is 6.58 Å². The standard InChI is InChI=1S/C11H13F3N2O/c1-2-3-9(7-17)16-10-5-4-8(6-15-10)11(12,13)14/h2,4-6,9,17H,1,3,7H2,(H,15,16). The monoisotopic (exact) mass is 246 g/mol. The van der Waals surface area contributed by atoms with Gasteiger partial charge in [-0.2, -0.15) is 13.2 Å². The summed E-state index contributed by atoms with van der Waals surface area (Å²) in [5.74, 6) is 0.291. The lowest BCUT2D eigenvalue weighted by Crippen LogP contribution is -2.23. The van der Waals surface area contributed by atoms with Crippen LogP contribution in [0.25, 0.3) is 0 Å². The predicted octanol–water partition coefficient (Wildman–Crippen LogP) is 2.45. The summed E-state index contributed by atoms with van der Waals surface area (Å²) in [5, 5.41) is 11.8. The van der Waals surface area contributed by atoms with Gasteiger partial charge in [0.15, 0.2) is 0 Å². The van der Waals surface area contributed by atoms with Gasteiger partial charge in [-0.25, -0.2) is 4.98 Å². The Morgan fingerprint density at radius 3 is 2.59 bits per heavy atom. The largest absolute Gasteiger partial charge is 0.417 e. The average molecular weight is 246 g/mol. The summed E-state index contributed by atoms with van der Waals surface area (Å²) in [6.07, 6.45) is -1.52. The Labute approximate surface area is 97.0 Å². The third kappa shape index (κ3) is 4.07. The molecule has 0 amide bonds. The van der Waals surface area contributed by atoms with Crippen molar-refractivity contribution in [1.29, 1.82) is 0 Å². The minimum atomic E-state index is -4.39. The van der Waals surface area contributed by atoms with E-state index >= 15 is 0 Å². The lowest BCUT2D eigenvalue weighted by molar-refractivity contribution is -0.137. The zero-order valence-corrected chi connectivity index (χ0v) is 9.04. The molecule has 1 heterocycles. The number of aliphatic hydroxyl groups is 1. The Bertz CT molecular complexity index is 362. The molecular weight excluding hydrogens is 233 g/mol. The fourth-order valence-corrected chi connectivity index (χ4v) is 1.24. The first kappa shape index (κ1) is 13.5. The molecule has 17 heavy (non-hydrogen) atoms. The fraction of sp³-hybridized carbons (Fsp3) is 0.364. The molecule has 3 nitrogen and oxygen atoms in total. The summed E-state index contributed by atoms with van der Waals surface area (Å²) in [7, 11) is 0. The Morgan fingerprint density at radius 1 is 1.47 bits per heavy atom. The first-order valence-electron chi connectivity index (χ1n) is 4.99. The number of alkyl halides is 3. The molecule has 0 saturated carbocycles. The molecular formula is C11H13F3N2O. The highest BCUT2D eigenvalue weighted by atomic mass is 19.4. The number of nitrogens with zero attached hydrogens (tertiary/aromatic N) is 1. The van der Waals surface area contributed by atoms with Gasteiger partial charge >= 0.3 is 6.18 Å². The van der Waals surface area contributed by atoms with Crippen LogP contribution in [-0.4, -0.2) is 22.7 Å². The maximum absolute atomic E-state index is 12.3. The Kier molecular flexibility index (Phi) is 4.51. The number of pyridine rings is 1. The summed E-state index contributed by atoms with van der Waals surface area (Å²) in [6, 6.07) is 1.88. The molecule has 0 saturated heterocycles. The SMILES string of the molecule is C=CCC(CO)Nc1ccc(C(F)(F)F)cn1. The van der Waals surface area contributed by atoms with E-state index in [1.807, 2.05) is 0 Å². The van der Waals surface area contributed by atoms with E-state index in [9.17, 15) is 13.2 Å². The number of aliphatic hydroxyl groups excluding tert-OH is 1. The van der Waals surface area contributed by atoms with Crippen LogP contribution >= 0.6 is 0 Å². The van der Waals surface area contributed by atoms with Crippen LogP contribution < -0.4 is 5.32 Å². The number of aromatic nitrogens is 1. The highest BCUT2D eigenvalue weighted by molar-refractivity contribution is 5.37. The topological polar surface area (TPSA) is 45.1 Å². The van der Waals surface area contributed by atoms with Gasteiger partial charge in [0.1, 0.15) is 5.82 Å². The van der Waals surface area contributed by atoms with E-state index < -0.39 is 11.7 Å². The second-order valence-corrected chi connectivity index (χ2v) is 3.48. The van der Waals surface area contributed by atoms with Crippen LogP contribution in [0.3, 0.4) is 0 Å². The first-order chi connectivity index (χ1) is 7.97. The minimum Gasteiger partial charge on any atom is -0.394 e. The van der Waals surface area contributed by atoms with Crippen LogP contribution in [0.5, 0.6) is 0 Å². The van der Waals surface area contributed by atoms with Crippen molar-refractivity contribution in [2.75, 3.05) is 11.9 Å². The van der Waals surface area contributed by atoms with E-state index in [-0.39, 0.29) is 12.6 Å². The molecule has 1 aromatic rings. The van der Waals surface area contributed by atoms with Crippen molar-refractivity contribution < 1.29 is 18.3 Å². The molecule has 1 aromatic heterocycles. The number of hydrogen-bond donors (Lipinski definition) is 2. The van der Waals surface area contributed by atoms with Gasteiger partial charge in [0.25, 0.3) is 0 Å². The zero-order chi connectivity index (χ0) is 12.9. The van der Waals surface area contributed by atoms with Crippen molar-refractivity contribution in [1.82, 2.24) is 4.98 Å². The molecule has 0 aliphatic heterocycles. The molecule has 1 rings (SSSR count). The average Bonchev–Trinajstić information content (AvgIpc) is 2.28. The van der Waals surface area contributed by atoms with Gasteiger partial charge in [0.05, 0.1) is 18.2 Å². The molecule has 0 aromatic carbocycles. The van der Waals surface area contributed by atoms with E-state index in [4.69, 9.17) is 5.11 Å². The van der Waals surface area contributed by atoms with Crippen molar-refractivity contribution in [3.8, 4) is 0 Å². The minimum absolute atomic E-state index is 0.144. The van der Waals surface area contributed by atoms with Crippen LogP contribution in [0.4, 0.5) is 19.0 Å². The molecule has 0 bridgehead atoms. The third-order valence-corrected chi connectivity index (χ3v) is 2.11.